The van der Waals surface area contributed by atoms with Crippen LogP contribution in [0.3, 0.4) is 0 Å². The number of carbonyl (C=O) groups is 1. The van der Waals surface area contributed by atoms with Gasteiger partial charge in [-0.15, -0.1) is 0 Å². The topological polar surface area (TPSA) is 74.2 Å². The Morgan fingerprint density at radius 1 is 1.12 bits per heavy atom. The summed E-state index contributed by atoms with van der Waals surface area (Å²) in [5.74, 6) is 0.725. The molecule has 0 fully saturated rings. The predicted octanol–water partition coefficient (Wildman–Crippen LogP) is 4.64. The zero-order valence-electron chi connectivity index (χ0n) is 15.3. The molecule has 26 heavy (non-hydrogen) atoms. The van der Waals surface area contributed by atoms with Gasteiger partial charge in [0.15, 0.2) is 0 Å². The van der Waals surface area contributed by atoms with Gasteiger partial charge < -0.3 is 15.4 Å². The molecule has 0 spiro atoms. The number of amides is 2. The monoisotopic (exact) mass is 351 g/mol. The Hall–Kier alpha value is -3.00. The lowest BCUT2D eigenvalue weighted by molar-refractivity contribution is 0.247. The van der Waals surface area contributed by atoms with E-state index in [0.717, 1.165) is 35.4 Å². The first kappa shape index (κ1) is 19.3. The van der Waals surface area contributed by atoms with Gasteiger partial charge in [-0.2, -0.15) is 5.26 Å². The number of anilines is 1. The molecule has 0 heterocycles. The highest BCUT2D eigenvalue weighted by Gasteiger charge is 2.10. The van der Waals surface area contributed by atoms with Crippen LogP contribution in [0.5, 0.6) is 5.75 Å². The van der Waals surface area contributed by atoms with Crippen LogP contribution in [0, 0.1) is 11.3 Å². The van der Waals surface area contributed by atoms with Crippen molar-refractivity contribution >= 4 is 11.7 Å². The number of carbonyl (C=O) groups excluding carboxylic acids is 1. The van der Waals surface area contributed by atoms with Crippen LogP contribution in [-0.4, -0.2) is 12.1 Å². The fraction of sp³-hybridized carbons (Fsp3) is 0.333. The van der Waals surface area contributed by atoms with E-state index < -0.39 is 0 Å². The van der Waals surface area contributed by atoms with E-state index in [1.54, 1.807) is 0 Å². The highest BCUT2D eigenvalue weighted by Crippen LogP contribution is 2.19. The first-order valence-electron chi connectivity index (χ1n) is 8.90. The second-order valence-electron chi connectivity index (χ2n) is 6.04. The lowest BCUT2D eigenvalue weighted by atomic mass is 10.1. The molecule has 0 aliphatic carbocycles. The van der Waals surface area contributed by atoms with E-state index in [9.17, 15) is 4.79 Å². The summed E-state index contributed by atoms with van der Waals surface area (Å²) in [5.41, 5.74) is 2.59. The van der Waals surface area contributed by atoms with Gasteiger partial charge in [-0.1, -0.05) is 44.2 Å². The zero-order valence-corrected chi connectivity index (χ0v) is 15.3. The van der Waals surface area contributed by atoms with Crippen LogP contribution in [0.25, 0.3) is 0 Å². The molecule has 0 saturated carbocycles. The van der Waals surface area contributed by atoms with Crippen molar-refractivity contribution in [2.24, 2.45) is 0 Å². The number of hydrogen-bond donors (Lipinski definition) is 2. The largest absolute Gasteiger partial charge is 0.489 e. The standard InChI is InChI=1S/C21H25N3O2/c1-3-18(4-2)23-21(25)24-20-8-6-5-7-17(20)15-26-19-11-9-16(10-12-19)13-14-22/h5-12,18H,3-4,13,15H2,1-2H3,(H2,23,24,25). The van der Waals surface area contributed by atoms with Crippen molar-refractivity contribution in [3.63, 3.8) is 0 Å². The summed E-state index contributed by atoms with van der Waals surface area (Å²) < 4.78 is 5.82. The summed E-state index contributed by atoms with van der Waals surface area (Å²) in [6, 6.07) is 17.1. The molecule has 0 aliphatic heterocycles. The van der Waals surface area contributed by atoms with Crippen molar-refractivity contribution in [2.75, 3.05) is 5.32 Å². The van der Waals surface area contributed by atoms with Crippen LogP contribution in [0.1, 0.15) is 37.8 Å². The molecule has 2 N–H and O–H groups in total. The molecule has 0 saturated heterocycles. The maximum Gasteiger partial charge on any atom is 0.319 e. The highest BCUT2D eigenvalue weighted by atomic mass is 16.5. The summed E-state index contributed by atoms with van der Waals surface area (Å²) in [6.45, 7) is 4.45. The molecule has 0 aliphatic rings. The van der Waals surface area contributed by atoms with Crippen LogP contribution in [0.4, 0.5) is 10.5 Å². The summed E-state index contributed by atoms with van der Waals surface area (Å²) in [4.78, 5) is 12.2. The number of nitrogens with one attached hydrogen (secondary N) is 2. The Morgan fingerprint density at radius 3 is 2.46 bits per heavy atom. The summed E-state index contributed by atoms with van der Waals surface area (Å²) in [5, 5.41) is 14.6. The van der Waals surface area contributed by atoms with Gasteiger partial charge in [-0.05, 0) is 36.6 Å². The van der Waals surface area contributed by atoms with E-state index in [0.29, 0.717) is 13.0 Å². The minimum Gasteiger partial charge on any atom is -0.489 e. The van der Waals surface area contributed by atoms with Crippen LogP contribution < -0.4 is 15.4 Å². The maximum atomic E-state index is 12.2. The van der Waals surface area contributed by atoms with Crippen molar-refractivity contribution < 1.29 is 9.53 Å². The summed E-state index contributed by atoms with van der Waals surface area (Å²) in [7, 11) is 0. The number of nitrogens with zero attached hydrogens (tertiary/aromatic N) is 1. The third-order valence-electron chi connectivity index (χ3n) is 4.19. The molecule has 2 aromatic rings. The summed E-state index contributed by atoms with van der Waals surface area (Å²) >= 11 is 0. The first-order chi connectivity index (χ1) is 12.7. The van der Waals surface area contributed by atoms with Gasteiger partial charge in [0.05, 0.1) is 12.5 Å². The minimum absolute atomic E-state index is 0.172. The number of para-hydroxylation sites is 1. The van der Waals surface area contributed by atoms with Crippen LogP contribution in [-0.2, 0) is 13.0 Å². The van der Waals surface area contributed by atoms with Gasteiger partial charge in [0.25, 0.3) is 0 Å². The zero-order chi connectivity index (χ0) is 18.8. The number of urea groups is 1. The lowest BCUT2D eigenvalue weighted by Crippen LogP contribution is -2.37. The second-order valence-corrected chi connectivity index (χ2v) is 6.04. The second kappa shape index (κ2) is 10.1. The van der Waals surface area contributed by atoms with E-state index in [1.165, 1.54) is 0 Å². The first-order valence-corrected chi connectivity index (χ1v) is 8.90. The quantitative estimate of drug-likeness (QED) is 0.727. The van der Waals surface area contributed by atoms with Crippen LogP contribution in [0.15, 0.2) is 48.5 Å². The molecule has 0 bridgehead atoms. The van der Waals surface area contributed by atoms with Gasteiger partial charge in [-0.25, -0.2) is 4.79 Å². The average Bonchev–Trinajstić information content (AvgIpc) is 2.67. The average molecular weight is 351 g/mol. The third kappa shape index (κ3) is 5.82. The van der Waals surface area contributed by atoms with E-state index in [4.69, 9.17) is 10.00 Å². The summed E-state index contributed by atoms with van der Waals surface area (Å²) in [6.07, 6.45) is 2.19. The van der Waals surface area contributed by atoms with Crippen LogP contribution >= 0.6 is 0 Å². The maximum absolute atomic E-state index is 12.2. The number of hydrogen-bond acceptors (Lipinski definition) is 3. The third-order valence-corrected chi connectivity index (χ3v) is 4.19. The molecule has 0 unspecified atom stereocenters. The van der Waals surface area contributed by atoms with E-state index in [1.807, 2.05) is 48.5 Å². The predicted molar refractivity (Wildman–Crippen MR) is 103 cm³/mol. The van der Waals surface area contributed by atoms with Gasteiger partial charge in [0, 0.05) is 17.3 Å². The Bertz CT molecular complexity index is 747. The Kier molecular flexibility index (Phi) is 7.50. The molecule has 2 amide bonds. The van der Waals surface area contributed by atoms with Crippen molar-refractivity contribution in [1.29, 1.82) is 5.26 Å². The molecular weight excluding hydrogens is 326 g/mol. The smallest absolute Gasteiger partial charge is 0.319 e. The van der Waals surface area contributed by atoms with Crippen molar-refractivity contribution in [3.05, 3.63) is 59.7 Å². The molecule has 2 rings (SSSR count). The van der Waals surface area contributed by atoms with Gasteiger partial charge in [-0.3, -0.25) is 0 Å². The normalized spacial score (nSPS) is 10.2. The van der Waals surface area contributed by atoms with Crippen molar-refractivity contribution in [2.45, 2.75) is 45.8 Å². The molecular formula is C21H25N3O2. The lowest BCUT2D eigenvalue weighted by Gasteiger charge is -2.17. The van der Waals surface area contributed by atoms with E-state index >= 15 is 0 Å². The van der Waals surface area contributed by atoms with E-state index in [-0.39, 0.29) is 12.1 Å². The Balaban J connectivity index is 1.97. The number of rotatable bonds is 8. The Labute approximate surface area is 155 Å². The SMILES string of the molecule is CCC(CC)NC(=O)Nc1ccccc1COc1ccc(CC#N)cc1. The molecule has 5 nitrogen and oxygen atoms in total. The molecule has 0 atom stereocenters. The van der Waals surface area contributed by atoms with Crippen molar-refractivity contribution in [3.8, 4) is 11.8 Å². The van der Waals surface area contributed by atoms with Gasteiger partial charge >= 0.3 is 6.03 Å². The number of ether oxygens (including phenoxy) is 1. The fourth-order valence-corrected chi connectivity index (χ4v) is 2.56. The van der Waals surface area contributed by atoms with E-state index in [2.05, 4.69) is 30.6 Å². The minimum atomic E-state index is -0.202. The number of nitriles is 1. The number of benzene rings is 2. The molecule has 136 valence electrons. The highest BCUT2D eigenvalue weighted by molar-refractivity contribution is 5.90. The molecule has 5 heteroatoms. The molecule has 2 aromatic carbocycles. The Morgan fingerprint density at radius 2 is 1.81 bits per heavy atom. The van der Waals surface area contributed by atoms with Gasteiger partial charge in [0.1, 0.15) is 12.4 Å². The van der Waals surface area contributed by atoms with Crippen molar-refractivity contribution in [1.82, 2.24) is 5.32 Å². The van der Waals surface area contributed by atoms with Crippen LogP contribution in [0.2, 0.25) is 0 Å². The fourth-order valence-electron chi connectivity index (χ4n) is 2.56. The molecule has 0 aromatic heterocycles. The molecule has 0 radical (unpaired) electrons. The van der Waals surface area contributed by atoms with Gasteiger partial charge in [0.2, 0.25) is 0 Å².